The molecule has 0 saturated carbocycles. The second-order valence-electron chi connectivity index (χ2n) is 4.15. The average Bonchev–Trinajstić information content (AvgIpc) is 2.50. The molecule has 9 heteroatoms. The molecule has 1 heterocycles. The number of aromatic nitrogens is 2. The Labute approximate surface area is 130 Å². The molecule has 0 radical (unpaired) electrons. The van der Waals surface area contributed by atoms with Gasteiger partial charge in [0.1, 0.15) is 6.20 Å². The van der Waals surface area contributed by atoms with Crippen molar-refractivity contribution in [3.05, 3.63) is 45.6 Å². The summed E-state index contributed by atoms with van der Waals surface area (Å²) < 4.78 is 0. The smallest absolute Gasteiger partial charge is 0.329 e. The average molecular weight is 319 g/mol. The zero-order valence-electron chi connectivity index (χ0n) is 11.3. The molecule has 8 nitrogen and oxygen atoms in total. The van der Waals surface area contributed by atoms with Crippen LogP contribution in [0.3, 0.4) is 0 Å². The second-order valence-corrected chi connectivity index (χ2v) is 4.59. The number of hydrogen-bond donors (Lipinski definition) is 2. The fourth-order valence-corrected chi connectivity index (χ4v) is 1.72. The first-order valence-electron chi connectivity index (χ1n) is 6.25. The van der Waals surface area contributed by atoms with Crippen LogP contribution in [0.5, 0.6) is 0 Å². The quantitative estimate of drug-likeness (QED) is 0.477. The monoisotopic (exact) mass is 318 g/mol. The second kappa shape index (κ2) is 7.19. The number of anilines is 3. The summed E-state index contributed by atoms with van der Waals surface area (Å²) in [5.74, 6) is 0.263. The number of halogens is 1. The third kappa shape index (κ3) is 4.04. The molecular formula is C13H11ClN6O2. The van der Waals surface area contributed by atoms with Crippen molar-refractivity contribution >= 4 is 34.7 Å². The zero-order chi connectivity index (χ0) is 15.9. The lowest BCUT2D eigenvalue weighted by atomic mass is 10.3. The van der Waals surface area contributed by atoms with Crippen LogP contribution in [-0.2, 0) is 0 Å². The van der Waals surface area contributed by atoms with E-state index in [1.54, 1.807) is 24.3 Å². The van der Waals surface area contributed by atoms with Crippen LogP contribution < -0.4 is 10.6 Å². The molecule has 2 rings (SSSR count). The van der Waals surface area contributed by atoms with Crippen molar-refractivity contribution in [2.75, 3.05) is 17.2 Å². The summed E-state index contributed by atoms with van der Waals surface area (Å²) in [6, 6.07) is 8.80. The topological polar surface area (TPSA) is 117 Å². The van der Waals surface area contributed by atoms with Gasteiger partial charge in [-0.3, -0.25) is 10.1 Å². The number of nitrogens with one attached hydrogen (secondary N) is 2. The molecule has 0 aliphatic rings. The molecule has 0 bridgehead atoms. The normalized spacial score (nSPS) is 9.82. The van der Waals surface area contributed by atoms with Crippen molar-refractivity contribution in [3.63, 3.8) is 0 Å². The van der Waals surface area contributed by atoms with E-state index in [9.17, 15) is 10.1 Å². The van der Waals surface area contributed by atoms with E-state index < -0.39 is 4.92 Å². The van der Waals surface area contributed by atoms with Crippen molar-refractivity contribution in [2.45, 2.75) is 6.42 Å². The van der Waals surface area contributed by atoms with Crippen LogP contribution in [0.25, 0.3) is 0 Å². The van der Waals surface area contributed by atoms with E-state index in [-0.39, 0.29) is 30.4 Å². The number of benzene rings is 1. The van der Waals surface area contributed by atoms with E-state index in [2.05, 4.69) is 20.6 Å². The van der Waals surface area contributed by atoms with Gasteiger partial charge in [0.25, 0.3) is 0 Å². The van der Waals surface area contributed by atoms with Gasteiger partial charge in [0, 0.05) is 17.3 Å². The van der Waals surface area contributed by atoms with Gasteiger partial charge in [0.15, 0.2) is 0 Å². The van der Waals surface area contributed by atoms with E-state index in [0.717, 1.165) is 6.20 Å². The van der Waals surface area contributed by atoms with Gasteiger partial charge >= 0.3 is 5.69 Å². The van der Waals surface area contributed by atoms with E-state index in [1.807, 2.05) is 6.07 Å². The zero-order valence-corrected chi connectivity index (χ0v) is 12.0. The van der Waals surface area contributed by atoms with Gasteiger partial charge in [-0.25, -0.2) is 4.98 Å². The lowest BCUT2D eigenvalue weighted by Crippen LogP contribution is -2.08. The summed E-state index contributed by atoms with van der Waals surface area (Å²) in [4.78, 5) is 18.3. The first-order chi connectivity index (χ1) is 10.6. The Bertz CT molecular complexity index is 713. The molecular weight excluding hydrogens is 308 g/mol. The fraction of sp³-hybridized carbons (Fsp3) is 0.154. The lowest BCUT2D eigenvalue weighted by molar-refractivity contribution is -0.384. The van der Waals surface area contributed by atoms with Crippen LogP contribution >= 0.6 is 11.6 Å². The van der Waals surface area contributed by atoms with Crippen LogP contribution in [0, 0.1) is 21.4 Å². The summed E-state index contributed by atoms with van der Waals surface area (Å²) in [7, 11) is 0. The molecule has 0 atom stereocenters. The lowest BCUT2D eigenvalue weighted by Gasteiger charge is -2.08. The van der Waals surface area contributed by atoms with Crippen LogP contribution in [0.15, 0.2) is 30.5 Å². The van der Waals surface area contributed by atoms with Gasteiger partial charge in [0.05, 0.1) is 17.4 Å². The van der Waals surface area contributed by atoms with Gasteiger partial charge < -0.3 is 10.6 Å². The number of nitriles is 1. The molecule has 112 valence electrons. The maximum atomic E-state index is 10.9. The number of hydrogen-bond acceptors (Lipinski definition) is 7. The highest BCUT2D eigenvalue weighted by atomic mass is 35.5. The highest BCUT2D eigenvalue weighted by molar-refractivity contribution is 6.30. The minimum Gasteiger partial charge on any atom is -0.363 e. The molecule has 0 aliphatic heterocycles. The molecule has 2 N–H and O–H groups in total. The Morgan fingerprint density at radius 2 is 2.09 bits per heavy atom. The highest BCUT2D eigenvalue weighted by Crippen LogP contribution is 2.23. The number of rotatable bonds is 6. The van der Waals surface area contributed by atoms with Crippen LogP contribution in [-0.4, -0.2) is 21.4 Å². The summed E-state index contributed by atoms with van der Waals surface area (Å²) in [6.07, 6.45) is 1.32. The minimum absolute atomic E-state index is 0.0618. The molecule has 0 saturated heterocycles. The first-order valence-corrected chi connectivity index (χ1v) is 6.63. The summed E-state index contributed by atoms with van der Waals surface area (Å²) in [5, 5.41) is 25.7. The fourth-order valence-electron chi connectivity index (χ4n) is 1.60. The van der Waals surface area contributed by atoms with E-state index in [4.69, 9.17) is 16.9 Å². The third-order valence-electron chi connectivity index (χ3n) is 2.60. The largest absolute Gasteiger partial charge is 0.363 e. The Morgan fingerprint density at radius 3 is 2.73 bits per heavy atom. The maximum absolute atomic E-state index is 10.9. The predicted molar refractivity (Wildman–Crippen MR) is 82.1 cm³/mol. The van der Waals surface area contributed by atoms with Crippen molar-refractivity contribution in [1.82, 2.24) is 9.97 Å². The third-order valence-corrected chi connectivity index (χ3v) is 2.85. The van der Waals surface area contributed by atoms with Crippen molar-refractivity contribution < 1.29 is 4.92 Å². The molecule has 0 fully saturated rings. The van der Waals surface area contributed by atoms with Gasteiger partial charge in [0.2, 0.25) is 11.8 Å². The first kappa shape index (κ1) is 15.5. The van der Waals surface area contributed by atoms with Crippen LogP contribution in [0.1, 0.15) is 6.42 Å². The highest BCUT2D eigenvalue weighted by Gasteiger charge is 2.17. The van der Waals surface area contributed by atoms with E-state index >= 15 is 0 Å². The molecule has 1 aromatic carbocycles. The van der Waals surface area contributed by atoms with Crippen molar-refractivity contribution in [1.29, 1.82) is 5.26 Å². The maximum Gasteiger partial charge on any atom is 0.329 e. The molecule has 0 amide bonds. The van der Waals surface area contributed by atoms with Crippen molar-refractivity contribution in [2.24, 2.45) is 0 Å². The molecule has 22 heavy (non-hydrogen) atoms. The minimum atomic E-state index is -0.583. The van der Waals surface area contributed by atoms with E-state index in [0.29, 0.717) is 10.7 Å². The van der Waals surface area contributed by atoms with Crippen molar-refractivity contribution in [3.8, 4) is 6.07 Å². The number of nitro groups is 1. The SMILES string of the molecule is N#CCCNc1nc(Nc2ccc(Cl)cc2)ncc1[N+](=O)[O-]. The van der Waals surface area contributed by atoms with Gasteiger partial charge in [-0.1, -0.05) is 11.6 Å². The van der Waals surface area contributed by atoms with Gasteiger partial charge in [-0.05, 0) is 24.3 Å². The Kier molecular flexibility index (Phi) is 5.06. The molecule has 0 spiro atoms. The van der Waals surface area contributed by atoms with Gasteiger partial charge in [-0.2, -0.15) is 10.2 Å². The molecule has 0 aliphatic carbocycles. The van der Waals surface area contributed by atoms with E-state index in [1.165, 1.54) is 0 Å². The van der Waals surface area contributed by atoms with Crippen LogP contribution in [0.2, 0.25) is 5.02 Å². The molecule has 1 aromatic heterocycles. The Morgan fingerprint density at radius 1 is 1.36 bits per heavy atom. The summed E-state index contributed by atoms with van der Waals surface area (Å²) >= 11 is 5.80. The number of nitrogens with zero attached hydrogens (tertiary/aromatic N) is 4. The summed E-state index contributed by atoms with van der Waals surface area (Å²) in [5.41, 5.74) is 0.445. The Hall–Kier alpha value is -2.92. The molecule has 2 aromatic rings. The van der Waals surface area contributed by atoms with Crippen LogP contribution in [0.4, 0.5) is 23.1 Å². The Balaban J connectivity index is 2.21. The summed E-state index contributed by atoms with van der Waals surface area (Å²) in [6.45, 7) is 0.259. The molecule has 0 unspecified atom stereocenters. The standard InChI is InChI=1S/C13H11ClN6O2/c14-9-2-4-10(5-3-9)18-13-17-8-11(20(21)22)12(19-13)16-7-1-6-15/h2-5,8H,1,7H2,(H2,16,17,18,19). The van der Waals surface area contributed by atoms with Gasteiger partial charge in [-0.15, -0.1) is 0 Å². The predicted octanol–water partition coefficient (Wildman–Crippen LogP) is 3.11.